The Labute approximate surface area is 104 Å². The summed E-state index contributed by atoms with van der Waals surface area (Å²) in [7, 11) is -1.24. The van der Waals surface area contributed by atoms with Gasteiger partial charge in [0.2, 0.25) is 5.91 Å². The second-order valence-corrected chi connectivity index (χ2v) is 6.48. The van der Waals surface area contributed by atoms with Gasteiger partial charge in [0.15, 0.2) is 9.84 Å². The predicted molar refractivity (Wildman–Crippen MR) is 69.7 cm³/mol. The van der Waals surface area contributed by atoms with Crippen molar-refractivity contribution in [3.8, 4) is 0 Å². The van der Waals surface area contributed by atoms with E-state index in [0.717, 1.165) is 0 Å². The molecule has 0 aromatic carbocycles. The molecule has 1 amide bonds. The van der Waals surface area contributed by atoms with E-state index in [4.69, 9.17) is 0 Å². The molecule has 0 heterocycles. The quantitative estimate of drug-likeness (QED) is 0.683. The summed E-state index contributed by atoms with van der Waals surface area (Å²) >= 11 is 0. The van der Waals surface area contributed by atoms with Crippen molar-refractivity contribution in [2.45, 2.75) is 33.2 Å². The Balaban J connectivity index is 4.01. The van der Waals surface area contributed by atoms with Gasteiger partial charge in [0.05, 0.1) is 11.8 Å². The first-order chi connectivity index (χ1) is 7.84. The van der Waals surface area contributed by atoms with E-state index in [2.05, 4.69) is 5.32 Å². The lowest BCUT2D eigenvalue weighted by atomic mass is 10.3. The molecule has 17 heavy (non-hydrogen) atoms. The van der Waals surface area contributed by atoms with Crippen molar-refractivity contribution in [3.63, 3.8) is 0 Å². The largest absolute Gasteiger partial charge is 0.345 e. The van der Waals surface area contributed by atoms with Crippen LogP contribution < -0.4 is 5.32 Å². The number of sulfone groups is 1. The van der Waals surface area contributed by atoms with Gasteiger partial charge in [0.25, 0.3) is 0 Å². The zero-order valence-corrected chi connectivity index (χ0v) is 12.0. The first-order valence-corrected chi connectivity index (χ1v) is 7.85. The molecule has 0 saturated carbocycles. The monoisotopic (exact) mass is 264 g/mol. The molecule has 0 saturated heterocycles. The van der Waals surface area contributed by atoms with Crippen LogP contribution in [0.1, 0.15) is 27.2 Å². The van der Waals surface area contributed by atoms with Gasteiger partial charge < -0.3 is 10.2 Å². The summed E-state index contributed by atoms with van der Waals surface area (Å²) in [6, 6.07) is -0.336. The fourth-order valence-electron chi connectivity index (χ4n) is 1.42. The number of nitrogens with zero attached hydrogens (tertiary/aromatic N) is 1. The summed E-state index contributed by atoms with van der Waals surface area (Å²) in [5.41, 5.74) is 0. The van der Waals surface area contributed by atoms with Crippen molar-refractivity contribution < 1.29 is 13.2 Å². The Kier molecular flexibility index (Phi) is 7.38. The minimum absolute atomic E-state index is 0.0135. The van der Waals surface area contributed by atoms with Crippen LogP contribution in [-0.4, -0.2) is 56.9 Å². The van der Waals surface area contributed by atoms with Crippen molar-refractivity contribution in [1.82, 2.24) is 10.2 Å². The number of hydrogen-bond acceptors (Lipinski definition) is 4. The number of nitrogens with one attached hydrogen (secondary N) is 1. The molecule has 0 spiro atoms. The highest BCUT2D eigenvalue weighted by Crippen LogP contribution is 1.94. The smallest absolute Gasteiger partial charge is 0.239 e. The van der Waals surface area contributed by atoms with Crippen LogP contribution in [0.3, 0.4) is 0 Å². The molecule has 0 aliphatic carbocycles. The average molecular weight is 264 g/mol. The molecule has 0 radical (unpaired) electrons. The normalized spacial score (nSPS) is 13.4. The molecule has 0 aromatic rings. The lowest BCUT2D eigenvalue weighted by Gasteiger charge is -2.20. The maximum atomic E-state index is 11.7. The van der Waals surface area contributed by atoms with E-state index >= 15 is 0 Å². The standard InChI is InChI=1S/C11H24N2O3S/c1-5-8-17(15,16)9-7-12-10(3)11(14)13(4)6-2/h10,12H,5-9H2,1-4H3. The van der Waals surface area contributed by atoms with Gasteiger partial charge in [-0.2, -0.15) is 0 Å². The third-order valence-corrected chi connectivity index (χ3v) is 4.46. The Hall–Kier alpha value is -0.620. The highest BCUT2D eigenvalue weighted by atomic mass is 32.2. The van der Waals surface area contributed by atoms with Gasteiger partial charge in [-0.1, -0.05) is 6.92 Å². The Bertz CT molecular complexity index is 328. The molecule has 0 aliphatic rings. The molecular formula is C11H24N2O3S. The molecule has 1 N–H and O–H groups in total. The zero-order chi connectivity index (χ0) is 13.5. The highest BCUT2D eigenvalue weighted by Gasteiger charge is 2.16. The molecule has 0 aromatic heterocycles. The summed E-state index contributed by atoms with van der Waals surface area (Å²) in [6.45, 7) is 6.47. The van der Waals surface area contributed by atoms with Crippen LogP contribution in [0, 0.1) is 0 Å². The van der Waals surface area contributed by atoms with E-state index in [1.807, 2.05) is 13.8 Å². The molecular weight excluding hydrogens is 240 g/mol. The van der Waals surface area contributed by atoms with Crippen LogP contribution in [0.25, 0.3) is 0 Å². The summed E-state index contributed by atoms with van der Waals surface area (Å²) in [5.74, 6) is 0.292. The average Bonchev–Trinajstić information content (AvgIpc) is 2.26. The molecule has 0 aliphatic heterocycles. The molecule has 1 atom stereocenters. The van der Waals surface area contributed by atoms with Crippen LogP contribution in [-0.2, 0) is 14.6 Å². The molecule has 5 nitrogen and oxygen atoms in total. The predicted octanol–water partition coefficient (Wildman–Crippen LogP) is 0.268. The van der Waals surface area contributed by atoms with E-state index in [1.54, 1.807) is 18.9 Å². The van der Waals surface area contributed by atoms with E-state index in [-0.39, 0.29) is 23.5 Å². The third-order valence-electron chi connectivity index (χ3n) is 2.60. The Morgan fingerprint density at radius 1 is 1.29 bits per heavy atom. The van der Waals surface area contributed by atoms with Gasteiger partial charge in [-0.3, -0.25) is 4.79 Å². The lowest BCUT2D eigenvalue weighted by Crippen LogP contribution is -2.44. The van der Waals surface area contributed by atoms with Gasteiger partial charge >= 0.3 is 0 Å². The zero-order valence-electron chi connectivity index (χ0n) is 11.2. The van der Waals surface area contributed by atoms with Gasteiger partial charge in [-0.25, -0.2) is 8.42 Å². The third kappa shape index (κ3) is 6.63. The van der Waals surface area contributed by atoms with E-state index < -0.39 is 9.84 Å². The molecule has 0 rings (SSSR count). The molecule has 1 unspecified atom stereocenters. The number of carbonyl (C=O) groups is 1. The highest BCUT2D eigenvalue weighted by molar-refractivity contribution is 7.91. The summed E-state index contributed by atoms with van der Waals surface area (Å²) in [4.78, 5) is 13.3. The van der Waals surface area contributed by atoms with Crippen molar-refractivity contribution in [2.24, 2.45) is 0 Å². The van der Waals surface area contributed by atoms with Gasteiger partial charge in [-0.15, -0.1) is 0 Å². The molecule has 0 bridgehead atoms. The van der Waals surface area contributed by atoms with Crippen LogP contribution in [0.15, 0.2) is 0 Å². The van der Waals surface area contributed by atoms with Gasteiger partial charge in [0.1, 0.15) is 0 Å². The summed E-state index contributed by atoms with van der Waals surface area (Å²) in [5, 5.41) is 2.94. The first-order valence-electron chi connectivity index (χ1n) is 6.02. The van der Waals surface area contributed by atoms with Crippen molar-refractivity contribution >= 4 is 15.7 Å². The number of amides is 1. The van der Waals surface area contributed by atoms with Crippen LogP contribution in [0.4, 0.5) is 0 Å². The maximum Gasteiger partial charge on any atom is 0.239 e. The summed E-state index contributed by atoms with van der Waals surface area (Å²) < 4.78 is 22.9. The number of carbonyl (C=O) groups excluding carboxylic acids is 1. The number of likely N-dealkylation sites (N-methyl/N-ethyl adjacent to an activating group) is 1. The second-order valence-electron chi connectivity index (χ2n) is 4.18. The topological polar surface area (TPSA) is 66.5 Å². The second kappa shape index (κ2) is 7.66. The van der Waals surface area contributed by atoms with Crippen LogP contribution >= 0.6 is 0 Å². The van der Waals surface area contributed by atoms with Crippen molar-refractivity contribution in [1.29, 1.82) is 0 Å². The maximum absolute atomic E-state index is 11.7. The Morgan fingerprint density at radius 2 is 1.88 bits per heavy atom. The molecule has 102 valence electrons. The fourth-order valence-corrected chi connectivity index (χ4v) is 2.67. The SMILES string of the molecule is CCCS(=O)(=O)CCNC(C)C(=O)N(C)CC. The van der Waals surface area contributed by atoms with Crippen LogP contribution in [0.5, 0.6) is 0 Å². The van der Waals surface area contributed by atoms with E-state index in [0.29, 0.717) is 19.5 Å². The number of rotatable bonds is 8. The van der Waals surface area contributed by atoms with Crippen molar-refractivity contribution in [2.75, 3.05) is 31.6 Å². The molecule has 6 heteroatoms. The van der Waals surface area contributed by atoms with E-state index in [9.17, 15) is 13.2 Å². The van der Waals surface area contributed by atoms with Crippen molar-refractivity contribution in [3.05, 3.63) is 0 Å². The minimum Gasteiger partial charge on any atom is -0.345 e. The fraction of sp³-hybridized carbons (Fsp3) is 0.909. The minimum atomic E-state index is -2.97. The molecule has 0 fully saturated rings. The van der Waals surface area contributed by atoms with Crippen LogP contribution in [0.2, 0.25) is 0 Å². The van der Waals surface area contributed by atoms with E-state index in [1.165, 1.54) is 0 Å². The first kappa shape index (κ1) is 16.4. The van der Waals surface area contributed by atoms with Gasteiger partial charge in [0, 0.05) is 25.9 Å². The lowest BCUT2D eigenvalue weighted by molar-refractivity contribution is -0.131. The number of hydrogen-bond donors (Lipinski definition) is 1. The van der Waals surface area contributed by atoms with Gasteiger partial charge in [-0.05, 0) is 20.3 Å². The summed E-state index contributed by atoms with van der Waals surface area (Å²) in [6.07, 6.45) is 0.634. The Morgan fingerprint density at radius 3 is 2.35 bits per heavy atom.